The van der Waals surface area contributed by atoms with E-state index in [-0.39, 0.29) is 17.5 Å². The first kappa shape index (κ1) is 13.8. The van der Waals surface area contributed by atoms with Crippen molar-refractivity contribution in [3.63, 3.8) is 0 Å². The summed E-state index contributed by atoms with van der Waals surface area (Å²) in [5.41, 5.74) is 0.0511. The van der Waals surface area contributed by atoms with E-state index >= 15 is 0 Å². The second kappa shape index (κ2) is 5.69. The molecule has 1 amide bonds. The van der Waals surface area contributed by atoms with Crippen LogP contribution in [0.25, 0.3) is 11.0 Å². The molecule has 5 heteroatoms. The highest BCUT2D eigenvalue weighted by atomic mass is 16.4. The molecule has 2 aromatic rings. The van der Waals surface area contributed by atoms with Crippen LogP contribution in [0.2, 0.25) is 0 Å². The van der Waals surface area contributed by atoms with Crippen LogP contribution in [0, 0.1) is 0 Å². The Kier molecular flexibility index (Phi) is 3.75. The van der Waals surface area contributed by atoms with Gasteiger partial charge in [0.25, 0.3) is 5.91 Å². The predicted molar refractivity (Wildman–Crippen MR) is 80.5 cm³/mol. The molecule has 21 heavy (non-hydrogen) atoms. The Morgan fingerprint density at radius 2 is 2.24 bits per heavy atom. The highest BCUT2D eigenvalue weighted by Gasteiger charge is 2.28. The minimum atomic E-state index is -0.567. The summed E-state index contributed by atoms with van der Waals surface area (Å²) in [6, 6.07) is 9.00. The van der Waals surface area contributed by atoms with Crippen LogP contribution >= 0.6 is 0 Å². The van der Waals surface area contributed by atoms with Gasteiger partial charge < -0.3 is 14.6 Å². The third kappa shape index (κ3) is 2.56. The van der Waals surface area contributed by atoms with Crippen LogP contribution in [0.1, 0.15) is 23.7 Å². The van der Waals surface area contributed by atoms with Gasteiger partial charge in [-0.3, -0.25) is 4.79 Å². The summed E-state index contributed by atoms with van der Waals surface area (Å²) in [5, 5.41) is 4.01. The van der Waals surface area contributed by atoms with Gasteiger partial charge in [0.2, 0.25) is 0 Å². The van der Waals surface area contributed by atoms with Crippen molar-refractivity contribution in [1.29, 1.82) is 0 Å². The number of amides is 1. The number of likely N-dealkylation sites (N-methyl/N-ethyl adjacent to an activating group) is 1. The molecule has 1 aromatic heterocycles. The zero-order chi connectivity index (χ0) is 14.8. The molecule has 2 heterocycles. The van der Waals surface area contributed by atoms with Gasteiger partial charge in [-0.05, 0) is 32.0 Å². The fourth-order valence-electron chi connectivity index (χ4n) is 2.84. The molecular weight excluding hydrogens is 268 g/mol. The minimum absolute atomic E-state index is 0.113. The van der Waals surface area contributed by atoms with Crippen molar-refractivity contribution in [2.24, 2.45) is 0 Å². The second-order valence-corrected chi connectivity index (χ2v) is 5.22. The van der Waals surface area contributed by atoms with Crippen LogP contribution in [-0.4, -0.2) is 36.5 Å². The maximum atomic E-state index is 12.7. The van der Waals surface area contributed by atoms with Crippen molar-refractivity contribution in [2.75, 3.05) is 19.6 Å². The van der Waals surface area contributed by atoms with Crippen LogP contribution in [-0.2, 0) is 0 Å². The van der Waals surface area contributed by atoms with Crippen LogP contribution < -0.4 is 10.9 Å². The molecule has 1 saturated heterocycles. The Labute approximate surface area is 122 Å². The van der Waals surface area contributed by atoms with Crippen LogP contribution in [0.5, 0.6) is 0 Å². The summed E-state index contributed by atoms with van der Waals surface area (Å²) in [6.07, 6.45) is 0.915. The summed E-state index contributed by atoms with van der Waals surface area (Å²) >= 11 is 0. The van der Waals surface area contributed by atoms with Gasteiger partial charge in [-0.25, -0.2) is 4.79 Å². The number of para-hydroxylation sites is 1. The standard InChI is InChI=1S/C16H18N2O3/c1-2-18(12-7-8-17-10-12)15(19)13-9-11-5-3-4-6-14(11)21-16(13)20/h3-6,9,12,17H,2,7-8,10H2,1H3. The van der Waals surface area contributed by atoms with E-state index in [2.05, 4.69) is 5.32 Å². The molecule has 0 saturated carbocycles. The molecular formula is C16H18N2O3. The number of hydrogen-bond donors (Lipinski definition) is 1. The van der Waals surface area contributed by atoms with Crippen LogP contribution in [0.15, 0.2) is 39.5 Å². The first-order chi connectivity index (χ1) is 10.2. The molecule has 0 spiro atoms. The fourth-order valence-corrected chi connectivity index (χ4v) is 2.84. The van der Waals surface area contributed by atoms with Crippen LogP contribution in [0.4, 0.5) is 0 Å². The molecule has 110 valence electrons. The molecule has 1 N–H and O–H groups in total. The van der Waals surface area contributed by atoms with E-state index in [1.165, 1.54) is 0 Å². The molecule has 3 rings (SSSR count). The van der Waals surface area contributed by atoms with Crippen molar-refractivity contribution in [1.82, 2.24) is 10.2 Å². The minimum Gasteiger partial charge on any atom is -0.422 e. The van der Waals surface area contributed by atoms with Crippen molar-refractivity contribution in [3.8, 4) is 0 Å². The predicted octanol–water partition coefficient (Wildman–Crippen LogP) is 1.62. The number of benzene rings is 1. The first-order valence-corrected chi connectivity index (χ1v) is 7.25. The van der Waals surface area contributed by atoms with Crippen molar-refractivity contribution in [3.05, 3.63) is 46.3 Å². The lowest BCUT2D eigenvalue weighted by Gasteiger charge is -2.26. The van der Waals surface area contributed by atoms with E-state index in [0.29, 0.717) is 12.1 Å². The van der Waals surface area contributed by atoms with Gasteiger partial charge in [0.05, 0.1) is 0 Å². The molecule has 0 bridgehead atoms. The van der Waals surface area contributed by atoms with Gasteiger partial charge in [-0.2, -0.15) is 0 Å². The van der Waals surface area contributed by atoms with Crippen molar-refractivity contribution < 1.29 is 9.21 Å². The average Bonchev–Trinajstić information content (AvgIpc) is 3.01. The molecule has 1 fully saturated rings. The summed E-state index contributed by atoms with van der Waals surface area (Å²) in [5.74, 6) is -0.245. The summed E-state index contributed by atoms with van der Waals surface area (Å²) in [6.45, 7) is 4.19. The SMILES string of the molecule is CCN(C(=O)c1cc2ccccc2oc1=O)C1CCNC1. The zero-order valence-corrected chi connectivity index (χ0v) is 12.0. The lowest BCUT2D eigenvalue weighted by molar-refractivity contribution is 0.0699. The van der Waals surface area contributed by atoms with Gasteiger partial charge in [0, 0.05) is 24.5 Å². The van der Waals surface area contributed by atoms with Gasteiger partial charge in [-0.15, -0.1) is 0 Å². The molecule has 1 aromatic carbocycles. The Morgan fingerprint density at radius 1 is 1.43 bits per heavy atom. The Balaban J connectivity index is 2.00. The van der Waals surface area contributed by atoms with E-state index in [0.717, 1.165) is 24.9 Å². The number of carbonyl (C=O) groups is 1. The third-order valence-corrected chi connectivity index (χ3v) is 3.95. The monoisotopic (exact) mass is 286 g/mol. The molecule has 1 aliphatic rings. The third-order valence-electron chi connectivity index (χ3n) is 3.95. The fraction of sp³-hybridized carbons (Fsp3) is 0.375. The maximum absolute atomic E-state index is 12.7. The Bertz CT molecular complexity index is 717. The average molecular weight is 286 g/mol. The number of rotatable bonds is 3. The Hall–Kier alpha value is -2.14. The smallest absolute Gasteiger partial charge is 0.349 e. The Morgan fingerprint density at radius 3 is 2.95 bits per heavy atom. The van der Waals surface area contributed by atoms with E-state index in [4.69, 9.17) is 4.42 Å². The van der Waals surface area contributed by atoms with E-state index in [1.807, 2.05) is 19.1 Å². The van der Waals surface area contributed by atoms with E-state index in [1.54, 1.807) is 23.1 Å². The van der Waals surface area contributed by atoms with Crippen LogP contribution in [0.3, 0.4) is 0 Å². The lowest BCUT2D eigenvalue weighted by atomic mass is 10.1. The highest BCUT2D eigenvalue weighted by molar-refractivity contribution is 5.96. The molecule has 0 radical (unpaired) electrons. The molecule has 0 aliphatic carbocycles. The van der Waals surface area contributed by atoms with Crippen molar-refractivity contribution >= 4 is 16.9 Å². The molecule has 1 atom stereocenters. The quantitative estimate of drug-likeness (QED) is 0.871. The highest BCUT2D eigenvalue weighted by Crippen LogP contribution is 2.16. The summed E-state index contributed by atoms with van der Waals surface area (Å²) in [4.78, 5) is 26.5. The van der Waals surface area contributed by atoms with Gasteiger partial charge in [0.15, 0.2) is 0 Å². The van der Waals surface area contributed by atoms with E-state index < -0.39 is 5.63 Å². The zero-order valence-electron chi connectivity index (χ0n) is 12.0. The second-order valence-electron chi connectivity index (χ2n) is 5.22. The van der Waals surface area contributed by atoms with Gasteiger partial charge in [-0.1, -0.05) is 18.2 Å². The van der Waals surface area contributed by atoms with Gasteiger partial charge >= 0.3 is 5.63 Å². The number of nitrogens with zero attached hydrogens (tertiary/aromatic N) is 1. The number of carbonyl (C=O) groups excluding carboxylic acids is 1. The lowest BCUT2D eigenvalue weighted by Crippen LogP contribution is -2.42. The topological polar surface area (TPSA) is 62.6 Å². The number of fused-ring (bicyclic) bond motifs is 1. The first-order valence-electron chi connectivity index (χ1n) is 7.25. The molecule has 1 aliphatic heterocycles. The maximum Gasteiger partial charge on any atom is 0.349 e. The molecule has 1 unspecified atom stereocenters. The van der Waals surface area contributed by atoms with E-state index in [9.17, 15) is 9.59 Å². The molecule has 5 nitrogen and oxygen atoms in total. The number of nitrogens with one attached hydrogen (secondary N) is 1. The summed E-state index contributed by atoms with van der Waals surface area (Å²) < 4.78 is 5.25. The normalized spacial score (nSPS) is 18.0. The van der Waals surface area contributed by atoms with Crippen molar-refractivity contribution in [2.45, 2.75) is 19.4 Å². The largest absolute Gasteiger partial charge is 0.422 e. The number of hydrogen-bond acceptors (Lipinski definition) is 4. The summed E-state index contributed by atoms with van der Waals surface area (Å²) in [7, 11) is 0. The van der Waals surface area contributed by atoms with Gasteiger partial charge in [0.1, 0.15) is 11.1 Å².